The van der Waals surface area contributed by atoms with E-state index in [1.54, 1.807) is 0 Å². The van der Waals surface area contributed by atoms with Gasteiger partial charge in [0.15, 0.2) is 6.10 Å². The van der Waals surface area contributed by atoms with Crippen molar-refractivity contribution in [3.8, 4) is 0 Å². The Morgan fingerprint density at radius 1 is 0.338 bits per heavy atom. The van der Waals surface area contributed by atoms with Crippen molar-refractivity contribution >= 4 is 11.9 Å². The Labute approximate surface area is 422 Å². The molecule has 1 unspecified atom stereocenters. The Kier molecular flexibility index (Phi) is 55.4. The number of unbranched alkanes of at least 4 members (excludes halogenated alkanes) is 25. The van der Waals surface area contributed by atoms with E-state index >= 15 is 0 Å². The number of esters is 2. The van der Waals surface area contributed by atoms with E-state index in [9.17, 15) is 9.59 Å². The molecule has 0 aliphatic carbocycles. The first-order valence-electron chi connectivity index (χ1n) is 28.8. The molecule has 0 amide bonds. The van der Waals surface area contributed by atoms with Gasteiger partial charge in [0.25, 0.3) is 0 Å². The van der Waals surface area contributed by atoms with E-state index < -0.39 is 6.10 Å². The van der Waals surface area contributed by atoms with E-state index in [4.69, 9.17) is 14.2 Å². The third kappa shape index (κ3) is 55.4. The third-order valence-corrected chi connectivity index (χ3v) is 12.1. The molecule has 0 saturated heterocycles. The summed E-state index contributed by atoms with van der Waals surface area (Å²) in [5.41, 5.74) is 0. The molecule has 0 aliphatic rings. The van der Waals surface area contributed by atoms with Crippen LogP contribution < -0.4 is 0 Å². The summed E-state index contributed by atoms with van der Waals surface area (Å²) in [5.74, 6) is -0.443. The first kappa shape index (κ1) is 64.8. The van der Waals surface area contributed by atoms with E-state index in [0.29, 0.717) is 19.4 Å². The van der Waals surface area contributed by atoms with E-state index in [1.165, 1.54) is 135 Å². The van der Waals surface area contributed by atoms with Gasteiger partial charge >= 0.3 is 11.9 Å². The van der Waals surface area contributed by atoms with Crippen LogP contribution in [0.2, 0.25) is 0 Å². The summed E-state index contributed by atoms with van der Waals surface area (Å²) >= 11 is 0. The van der Waals surface area contributed by atoms with Gasteiger partial charge in [-0.2, -0.15) is 0 Å². The summed E-state index contributed by atoms with van der Waals surface area (Å²) in [6.07, 6.45) is 78.5. The highest BCUT2D eigenvalue weighted by Gasteiger charge is 2.17. The maximum atomic E-state index is 12.9. The van der Waals surface area contributed by atoms with Crippen LogP contribution in [0.4, 0.5) is 0 Å². The summed E-state index contributed by atoms with van der Waals surface area (Å²) in [7, 11) is 0. The lowest BCUT2D eigenvalue weighted by Gasteiger charge is -2.18. The Hall–Kier alpha value is -3.18. The van der Waals surface area contributed by atoms with Crippen LogP contribution in [0.5, 0.6) is 0 Å². The largest absolute Gasteiger partial charge is 0.462 e. The maximum Gasteiger partial charge on any atom is 0.306 e. The first-order chi connectivity index (χ1) is 33.6. The number of carbonyl (C=O) groups excluding carboxylic acids is 2. The quantitative estimate of drug-likeness (QED) is 0.0345. The summed E-state index contributed by atoms with van der Waals surface area (Å²) in [6, 6.07) is 0. The normalized spacial score (nSPS) is 12.9. The molecule has 390 valence electrons. The topological polar surface area (TPSA) is 61.8 Å². The van der Waals surface area contributed by atoms with Crippen molar-refractivity contribution < 1.29 is 23.8 Å². The molecule has 0 heterocycles. The molecule has 0 aromatic heterocycles. The number of ether oxygens (including phenoxy) is 3. The molecule has 0 aliphatic heterocycles. The van der Waals surface area contributed by atoms with Gasteiger partial charge in [-0.25, -0.2) is 0 Å². The van der Waals surface area contributed by atoms with E-state index in [0.717, 1.165) is 96.3 Å². The lowest BCUT2D eigenvalue weighted by molar-refractivity contribution is -0.163. The molecule has 1 atom stereocenters. The first-order valence-corrected chi connectivity index (χ1v) is 28.8. The number of carbonyl (C=O) groups is 2. The molecule has 0 fully saturated rings. The van der Waals surface area contributed by atoms with Crippen LogP contribution in [0, 0.1) is 0 Å². The van der Waals surface area contributed by atoms with Crippen molar-refractivity contribution in [1.82, 2.24) is 0 Å². The molecule has 0 spiro atoms. The van der Waals surface area contributed by atoms with Gasteiger partial charge in [-0.1, -0.05) is 227 Å². The molecule has 0 saturated carbocycles. The molecule has 0 aromatic rings. The van der Waals surface area contributed by atoms with Gasteiger partial charge in [0, 0.05) is 19.4 Å². The van der Waals surface area contributed by atoms with Gasteiger partial charge in [0.05, 0.1) is 6.61 Å². The second-order valence-electron chi connectivity index (χ2n) is 18.8. The van der Waals surface area contributed by atoms with Crippen LogP contribution in [-0.2, 0) is 23.8 Å². The van der Waals surface area contributed by atoms with Gasteiger partial charge < -0.3 is 14.2 Å². The highest BCUT2D eigenvalue weighted by molar-refractivity contribution is 5.70. The summed E-state index contributed by atoms with van der Waals surface area (Å²) in [5, 5.41) is 0. The Balaban J connectivity index is 4.37. The van der Waals surface area contributed by atoms with Crippen molar-refractivity contribution in [3.63, 3.8) is 0 Å². The van der Waals surface area contributed by atoms with E-state index in [2.05, 4.69) is 118 Å². The molecule has 5 heteroatoms. The minimum atomic E-state index is -0.564. The van der Waals surface area contributed by atoms with Crippen molar-refractivity contribution in [3.05, 3.63) is 97.2 Å². The number of hydrogen-bond donors (Lipinski definition) is 0. The summed E-state index contributed by atoms with van der Waals surface area (Å²) < 4.78 is 17.4. The average molecular weight is 946 g/mol. The Morgan fingerprint density at radius 2 is 0.662 bits per heavy atom. The second-order valence-corrected chi connectivity index (χ2v) is 18.8. The van der Waals surface area contributed by atoms with Gasteiger partial charge in [0.2, 0.25) is 0 Å². The van der Waals surface area contributed by atoms with E-state index in [1.807, 2.05) is 0 Å². The molecule has 0 rings (SSSR count). The van der Waals surface area contributed by atoms with Crippen molar-refractivity contribution in [2.75, 3.05) is 19.8 Å². The number of hydrogen-bond acceptors (Lipinski definition) is 5. The van der Waals surface area contributed by atoms with Gasteiger partial charge in [-0.15, -0.1) is 0 Å². The number of rotatable bonds is 52. The van der Waals surface area contributed by atoms with Gasteiger partial charge in [0.1, 0.15) is 6.61 Å². The zero-order valence-corrected chi connectivity index (χ0v) is 44.8. The van der Waals surface area contributed by atoms with Crippen LogP contribution >= 0.6 is 0 Å². The van der Waals surface area contributed by atoms with Crippen LogP contribution in [-0.4, -0.2) is 37.9 Å². The molecule has 0 N–H and O–H groups in total. The smallest absolute Gasteiger partial charge is 0.306 e. The molecule has 0 radical (unpaired) electrons. The van der Waals surface area contributed by atoms with Gasteiger partial charge in [-0.3, -0.25) is 9.59 Å². The Bertz CT molecular complexity index is 1300. The SMILES string of the molecule is CC/C=C\C/C=C\C/C=C\C/C=C\C/C=C\CCCCCC(=O)OCC(COCCCCCCCC/C=C\C/C=C\CCCCC)OC(=O)CCCCCCCCC/C=C\CCCCCCCC. The fourth-order valence-electron chi connectivity index (χ4n) is 7.80. The minimum absolute atomic E-state index is 0.0581. The third-order valence-electron chi connectivity index (χ3n) is 12.1. The summed E-state index contributed by atoms with van der Waals surface area (Å²) in [4.78, 5) is 25.5. The molecular weight excluding hydrogens is 837 g/mol. The minimum Gasteiger partial charge on any atom is -0.462 e. The highest BCUT2D eigenvalue weighted by Crippen LogP contribution is 2.14. The molecule has 5 nitrogen and oxygen atoms in total. The maximum absolute atomic E-state index is 12.9. The average Bonchev–Trinajstić information content (AvgIpc) is 3.34. The fourth-order valence-corrected chi connectivity index (χ4v) is 7.80. The lowest BCUT2D eigenvalue weighted by atomic mass is 10.1. The predicted octanol–water partition coefficient (Wildman–Crippen LogP) is 19.8. The standard InChI is InChI=1S/C63H108O5/c1-4-7-10-13-16-19-22-25-28-31-32-34-35-38-41-44-47-50-53-56-62(64)67-60-61(59-66-58-55-52-49-46-43-40-37-30-27-24-21-18-15-12-9-6-3)68-63(65)57-54-51-48-45-42-39-36-33-29-26-23-20-17-14-11-8-5-2/h7,10,16,18-19,21,25-30,32,34,38,41,61H,4-6,8-9,11-15,17,20,22-24,31,33,35-37,39-40,42-60H2,1-3H3/b10-7-,19-16-,21-18-,28-25-,29-26-,30-27-,34-32-,41-38-. The zero-order valence-electron chi connectivity index (χ0n) is 44.8. The second kappa shape index (κ2) is 58.1. The molecule has 68 heavy (non-hydrogen) atoms. The zero-order chi connectivity index (χ0) is 49.2. The highest BCUT2D eigenvalue weighted by atomic mass is 16.6. The van der Waals surface area contributed by atoms with Crippen LogP contribution in [0.15, 0.2) is 97.2 Å². The Morgan fingerprint density at radius 3 is 1.12 bits per heavy atom. The fraction of sp³-hybridized carbons (Fsp3) is 0.714. The van der Waals surface area contributed by atoms with Crippen LogP contribution in [0.25, 0.3) is 0 Å². The van der Waals surface area contributed by atoms with E-state index in [-0.39, 0.29) is 25.2 Å². The molecule has 0 bridgehead atoms. The lowest BCUT2D eigenvalue weighted by Crippen LogP contribution is -2.30. The van der Waals surface area contributed by atoms with Crippen LogP contribution in [0.3, 0.4) is 0 Å². The van der Waals surface area contributed by atoms with Crippen molar-refractivity contribution in [1.29, 1.82) is 0 Å². The predicted molar refractivity (Wildman–Crippen MR) is 297 cm³/mol. The summed E-state index contributed by atoms with van der Waals surface area (Å²) in [6.45, 7) is 7.64. The molecular formula is C63H108O5. The monoisotopic (exact) mass is 945 g/mol. The van der Waals surface area contributed by atoms with Crippen molar-refractivity contribution in [2.24, 2.45) is 0 Å². The number of allylic oxidation sites excluding steroid dienone is 16. The van der Waals surface area contributed by atoms with Crippen LogP contribution in [0.1, 0.15) is 265 Å². The van der Waals surface area contributed by atoms with Crippen molar-refractivity contribution in [2.45, 2.75) is 271 Å². The molecule has 0 aromatic carbocycles. The van der Waals surface area contributed by atoms with Gasteiger partial charge in [-0.05, 0) is 122 Å².